The Bertz CT molecular complexity index is 1540. The maximum Gasteiger partial charge on any atom is 0.243 e. The van der Waals surface area contributed by atoms with Crippen LogP contribution in [0.4, 0.5) is 0 Å². The normalized spacial score (nSPS) is 12.0. The molecule has 0 radical (unpaired) electrons. The van der Waals surface area contributed by atoms with E-state index in [0.717, 1.165) is 16.7 Å². The maximum atomic E-state index is 13.9. The van der Waals surface area contributed by atoms with Gasteiger partial charge in [0.25, 0.3) is 0 Å². The lowest BCUT2D eigenvalue weighted by Gasteiger charge is -2.31. The van der Waals surface area contributed by atoms with Gasteiger partial charge in [0.05, 0.1) is 17.7 Å². The van der Waals surface area contributed by atoms with Gasteiger partial charge in [0, 0.05) is 31.0 Å². The zero-order chi connectivity index (χ0) is 30.0. The van der Waals surface area contributed by atoms with Gasteiger partial charge in [0.1, 0.15) is 11.8 Å². The zero-order valence-electron chi connectivity index (χ0n) is 23.3. The smallest absolute Gasteiger partial charge is 0.243 e. The predicted octanol–water partition coefficient (Wildman–Crippen LogP) is 5.12. The minimum absolute atomic E-state index is 0.129. The number of amides is 2. The van der Waals surface area contributed by atoms with Gasteiger partial charge in [-0.15, -0.1) is 0 Å². The first-order valence-electron chi connectivity index (χ1n) is 13.7. The Morgan fingerprint density at radius 1 is 0.881 bits per heavy atom. The second-order valence-electron chi connectivity index (χ2n) is 9.80. The van der Waals surface area contributed by atoms with Crippen LogP contribution >= 0.6 is 11.6 Å². The number of halogens is 1. The van der Waals surface area contributed by atoms with Gasteiger partial charge in [0.15, 0.2) is 0 Å². The molecule has 0 aliphatic carbocycles. The molecule has 220 valence electrons. The molecule has 1 aromatic heterocycles. The number of nitrogens with zero attached hydrogens (tertiary/aromatic N) is 1. The summed E-state index contributed by atoms with van der Waals surface area (Å²) in [5.41, 5.74) is 2.57. The van der Waals surface area contributed by atoms with Crippen molar-refractivity contribution in [3.63, 3.8) is 0 Å². The van der Waals surface area contributed by atoms with Crippen molar-refractivity contribution in [2.75, 3.05) is 6.54 Å². The van der Waals surface area contributed by atoms with Crippen molar-refractivity contribution in [3.8, 4) is 0 Å². The van der Waals surface area contributed by atoms with Crippen molar-refractivity contribution in [1.29, 1.82) is 0 Å². The van der Waals surface area contributed by atoms with Crippen LogP contribution in [0.25, 0.3) is 0 Å². The molecule has 1 atom stereocenters. The van der Waals surface area contributed by atoms with Crippen molar-refractivity contribution < 1.29 is 22.4 Å². The largest absolute Gasteiger partial charge is 0.467 e. The van der Waals surface area contributed by atoms with Gasteiger partial charge in [0.2, 0.25) is 21.8 Å². The SMILES string of the molecule is CCNS(=O)(=O)c1ccc(CCC(=O)N(Cc2ccc(Cl)cc2)[C@H](Cc2ccccc2)C(=O)NCc2ccco2)cc1. The van der Waals surface area contributed by atoms with E-state index in [2.05, 4.69) is 10.0 Å². The van der Waals surface area contributed by atoms with Gasteiger partial charge in [-0.25, -0.2) is 13.1 Å². The molecule has 0 aliphatic heterocycles. The number of furan rings is 1. The summed E-state index contributed by atoms with van der Waals surface area (Å²) in [6, 6.07) is 26.0. The van der Waals surface area contributed by atoms with Gasteiger partial charge in [-0.3, -0.25) is 9.59 Å². The summed E-state index contributed by atoms with van der Waals surface area (Å²) in [5.74, 6) is 0.107. The summed E-state index contributed by atoms with van der Waals surface area (Å²) >= 11 is 6.10. The molecule has 0 unspecified atom stereocenters. The molecule has 0 fully saturated rings. The van der Waals surface area contributed by atoms with Gasteiger partial charge in [-0.05, 0) is 59.5 Å². The topological polar surface area (TPSA) is 109 Å². The second-order valence-corrected chi connectivity index (χ2v) is 12.0. The summed E-state index contributed by atoms with van der Waals surface area (Å²) in [7, 11) is -3.57. The van der Waals surface area contributed by atoms with E-state index in [4.69, 9.17) is 16.0 Å². The highest BCUT2D eigenvalue weighted by Crippen LogP contribution is 2.19. The van der Waals surface area contributed by atoms with Gasteiger partial charge >= 0.3 is 0 Å². The van der Waals surface area contributed by atoms with Gasteiger partial charge in [-0.1, -0.05) is 73.1 Å². The third-order valence-corrected chi connectivity index (χ3v) is 8.56. The van der Waals surface area contributed by atoms with Crippen molar-refractivity contribution in [1.82, 2.24) is 14.9 Å². The van der Waals surface area contributed by atoms with E-state index in [0.29, 0.717) is 30.2 Å². The summed E-state index contributed by atoms with van der Waals surface area (Å²) in [6.45, 7) is 2.42. The van der Waals surface area contributed by atoms with E-state index in [9.17, 15) is 18.0 Å². The monoisotopic (exact) mass is 607 g/mol. The lowest BCUT2D eigenvalue weighted by Crippen LogP contribution is -2.50. The molecule has 2 amide bonds. The number of carbonyl (C=O) groups excluding carboxylic acids is 2. The molecule has 0 bridgehead atoms. The quantitative estimate of drug-likeness (QED) is 0.207. The number of hydrogen-bond acceptors (Lipinski definition) is 5. The number of benzene rings is 3. The Morgan fingerprint density at radius 3 is 2.21 bits per heavy atom. The molecule has 4 rings (SSSR count). The molecule has 4 aromatic rings. The van der Waals surface area contributed by atoms with Crippen LogP contribution in [0.2, 0.25) is 5.02 Å². The van der Waals surface area contributed by atoms with E-state index in [1.54, 1.807) is 54.5 Å². The highest BCUT2D eigenvalue weighted by Gasteiger charge is 2.30. The molecule has 1 heterocycles. The minimum Gasteiger partial charge on any atom is -0.467 e. The molecular formula is C32H34ClN3O5S. The number of rotatable bonds is 14. The first kappa shape index (κ1) is 31.0. The molecule has 0 saturated carbocycles. The Morgan fingerprint density at radius 2 is 1.57 bits per heavy atom. The number of nitrogens with one attached hydrogen (secondary N) is 2. The lowest BCUT2D eigenvalue weighted by molar-refractivity contribution is -0.141. The van der Waals surface area contributed by atoms with Gasteiger partial charge in [-0.2, -0.15) is 0 Å². The van der Waals surface area contributed by atoms with Crippen LogP contribution in [0, 0.1) is 0 Å². The minimum atomic E-state index is -3.57. The fourth-order valence-corrected chi connectivity index (χ4v) is 5.72. The molecular weight excluding hydrogens is 574 g/mol. The third-order valence-electron chi connectivity index (χ3n) is 6.75. The molecule has 2 N–H and O–H groups in total. The van der Waals surface area contributed by atoms with E-state index < -0.39 is 16.1 Å². The third kappa shape index (κ3) is 8.79. The average Bonchev–Trinajstić information content (AvgIpc) is 3.52. The first-order chi connectivity index (χ1) is 20.2. The van der Waals surface area contributed by atoms with E-state index in [-0.39, 0.29) is 36.2 Å². The first-order valence-corrected chi connectivity index (χ1v) is 15.6. The van der Waals surface area contributed by atoms with Crippen LogP contribution in [0.1, 0.15) is 35.8 Å². The number of carbonyl (C=O) groups is 2. The van der Waals surface area contributed by atoms with Crippen LogP contribution in [-0.2, 0) is 45.5 Å². The Kier molecular flexibility index (Phi) is 10.9. The molecule has 8 nitrogen and oxygen atoms in total. The van der Waals surface area contributed by atoms with Crippen LogP contribution in [0.5, 0.6) is 0 Å². The Hall–Kier alpha value is -3.92. The van der Waals surface area contributed by atoms with Crippen LogP contribution < -0.4 is 10.0 Å². The number of hydrogen-bond donors (Lipinski definition) is 2. The number of sulfonamides is 1. The van der Waals surface area contributed by atoms with E-state index >= 15 is 0 Å². The average molecular weight is 608 g/mol. The van der Waals surface area contributed by atoms with E-state index in [1.807, 2.05) is 42.5 Å². The Labute approximate surface area is 251 Å². The fraction of sp³-hybridized carbons (Fsp3) is 0.250. The summed E-state index contributed by atoms with van der Waals surface area (Å²) in [4.78, 5) is 29.3. The maximum absolute atomic E-state index is 13.9. The molecule has 42 heavy (non-hydrogen) atoms. The Balaban J connectivity index is 1.57. The van der Waals surface area contributed by atoms with Crippen molar-refractivity contribution in [2.45, 2.75) is 50.2 Å². The molecule has 0 saturated heterocycles. The highest BCUT2D eigenvalue weighted by atomic mass is 35.5. The summed E-state index contributed by atoms with van der Waals surface area (Å²) in [6.07, 6.45) is 2.37. The van der Waals surface area contributed by atoms with Crippen molar-refractivity contribution in [3.05, 3.63) is 125 Å². The standard InChI is InChI=1S/C32H34ClN3O5S/c1-2-35-42(39,40)29-17-12-24(13-18-29)14-19-31(37)36(23-26-10-15-27(33)16-11-26)30(21-25-7-4-3-5-8-25)32(38)34-22-28-9-6-20-41-28/h3-13,15-18,20,30,35H,2,14,19,21-23H2,1H3,(H,34,38)/t30-/m1/s1. The lowest BCUT2D eigenvalue weighted by atomic mass is 10.0. The summed E-state index contributed by atoms with van der Waals surface area (Å²) in [5, 5.41) is 3.51. The second kappa shape index (κ2) is 14.8. The molecule has 0 spiro atoms. The molecule has 0 aliphatic rings. The van der Waals surface area contributed by atoms with Gasteiger partial charge < -0.3 is 14.6 Å². The fourth-order valence-electron chi connectivity index (χ4n) is 4.55. The van der Waals surface area contributed by atoms with E-state index in [1.165, 1.54) is 12.1 Å². The predicted molar refractivity (Wildman–Crippen MR) is 162 cm³/mol. The van der Waals surface area contributed by atoms with Crippen molar-refractivity contribution >= 4 is 33.4 Å². The summed E-state index contributed by atoms with van der Waals surface area (Å²) < 4.78 is 32.4. The molecule has 10 heteroatoms. The van der Waals surface area contributed by atoms with Crippen LogP contribution in [0.15, 0.2) is 107 Å². The number of aryl methyl sites for hydroxylation is 1. The van der Waals surface area contributed by atoms with Crippen molar-refractivity contribution in [2.24, 2.45) is 0 Å². The molecule has 3 aromatic carbocycles. The van der Waals surface area contributed by atoms with Crippen LogP contribution in [0.3, 0.4) is 0 Å². The zero-order valence-corrected chi connectivity index (χ0v) is 24.9. The highest BCUT2D eigenvalue weighted by molar-refractivity contribution is 7.89. The van der Waals surface area contributed by atoms with Crippen LogP contribution in [-0.4, -0.2) is 37.7 Å².